The van der Waals surface area contributed by atoms with Crippen LogP contribution < -0.4 is 5.32 Å². The van der Waals surface area contributed by atoms with Crippen molar-refractivity contribution in [1.29, 1.82) is 0 Å². The molecule has 0 fully saturated rings. The van der Waals surface area contributed by atoms with Crippen LogP contribution in [0.15, 0.2) is 36.4 Å². The molecule has 1 rings (SSSR count). The molecule has 0 aromatic heterocycles. The minimum atomic E-state index is -1.06. The largest absolute Gasteiger partial charge is 0.478 e. The molecule has 0 saturated heterocycles. The number of hydrogen-bond donors (Lipinski definition) is 2. The van der Waals surface area contributed by atoms with Crippen LogP contribution in [-0.2, 0) is 4.79 Å². The number of benzene rings is 1. The number of aliphatic carboxylic acids is 1. The number of nitro benzene ring substituents is 1. The second kappa shape index (κ2) is 5.99. The lowest BCUT2D eigenvalue weighted by atomic mass is 9.96. The van der Waals surface area contributed by atoms with Crippen molar-refractivity contribution >= 4 is 17.3 Å². The van der Waals surface area contributed by atoms with Crippen LogP contribution in [0, 0.1) is 16.0 Å². The van der Waals surface area contributed by atoms with E-state index < -0.39 is 16.9 Å². The summed E-state index contributed by atoms with van der Waals surface area (Å²) in [5, 5.41) is 22.5. The highest BCUT2D eigenvalue weighted by Crippen LogP contribution is 2.20. The Morgan fingerprint density at radius 1 is 1.37 bits per heavy atom. The van der Waals surface area contributed by atoms with Gasteiger partial charge < -0.3 is 10.4 Å². The standard InChI is InChI=1S/C13H16N2O4/c1-8(2)12(9(3)13(16)17)14-10-4-6-11(7-5-10)15(18)19/h4-8,12,14H,3H2,1-2H3,(H,16,17)/t12-/m1/s1. The molecular formula is C13H16N2O4. The third-order valence-corrected chi connectivity index (χ3v) is 2.72. The lowest BCUT2D eigenvalue weighted by Crippen LogP contribution is -2.31. The average molecular weight is 264 g/mol. The number of nitrogens with zero attached hydrogens (tertiary/aromatic N) is 1. The van der Waals surface area contributed by atoms with E-state index in [0.29, 0.717) is 5.69 Å². The monoisotopic (exact) mass is 264 g/mol. The molecule has 1 atom stereocenters. The molecule has 102 valence electrons. The molecule has 6 heteroatoms. The summed E-state index contributed by atoms with van der Waals surface area (Å²) < 4.78 is 0. The fourth-order valence-corrected chi connectivity index (χ4v) is 1.65. The summed E-state index contributed by atoms with van der Waals surface area (Å²) in [6.45, 7) is 7.29. The van der Waals surface area contributed by atoms with E-state index in [9.17, 15) is 14.9 Å². The molecule has 0 spiro atoms. The van der Waals surface area contributed by atoms with Crippen LogP contribution >= 0.6 is 0 Å². The van der Waals surface area contributed by atoms with Crippen LogP contribution in [0.4, 0.5) is 11.4 Å². The summed E-state index contributed by atoms with van der Waals surface area (Å²) in [7, 11) is 0. The fraction of sp³-hybridized carbons (Fsp3) is 0.308. The van der Waals surface area contributed by atoms with Crippen LogP contribution in [0.25, 0.3) is 0 Å². The Morgan fingerprint density at radius 2 is 1.89 bits per heavy atom. The number of non-ortho nitro benzene ring substituents is 1. The number of anilines is 1. The van der Waals surface area contributed by atoms with Gasteiger partial charge in [-0.3, -0.25) is 10.1 Å². The Bertz CT molecular complexity index is 494. The summed E-state index contributed by atoms with van der Waals surface area (Å²) in [5.41, 5.74) is 0.670. The van der Waals surface area contributed by atoms with Gasteiger partial charge >= 0.3 is 5.97 Å². The van der Waals surface area contributed by atoms with Gasteiger partial charge in [-0.05, 0) is 18.1 Å². The summed E-state index contributed by atoms with van der Waals surface area (Å²) in [5.74, 6) is -1.04. The van der Waals surface area contributed by atoms with E-state index in [2.05, 4.69) is 11.9 Å². The molecule has 0 aliphatic heterocycles. The van der Waals surface area contributed by atoms with Crippen molar-refractivity contribution < 1.29 is 14.8 Å². The van der Waals surface area contributed by atoms with Crippen molar-refractivity contribution in [2.24, 2.45) is 5.92 Å². The van der Waals surface area contributed by atoms with Crippen molar-refractivity contribution in [1.82, 2.24) is 0 Å². The molecule has 19 heavy (non-hydrogen) atoms. The molecule has 1 aromatic carbocycles. The van der Waals surface area contributed by atoms with E-state index in [-0.39, 0.29) is 17.2 Å². The highest BCUT2D eigenvalue weighted by molar-refractivity contribution is 5.88. The molecule has 0 radical (unpaired) electrons. The van der Waals surface area contributed by atoms with Crippen LogP contribution in [0.2, 0.25) is 0 Å². The number of carboxylic acid groups (broad SMARTS) is 1. The molecule has 0 heterocycles. The molecule has 0 aliphatic rings. The first-order valence-electron chi connectivity index (χ1n) is 5.76. The van der Waals surface area contributed by atoms with Gasteiger partial charge in [0.2, 0.25) is 0 Å². The number of carboxylic acids is 1. The molecule has 0 bridgehead atoms. The SMILES string of the molecule is C=C(C(=O)O)[C@H](Nc1ccc([N+](=O)[O-])cc1)C(C)C. The smallest absolute Gasteiger partial charge is 0.333 e. The van der Waals surface area contributed by atoms with E-state index in [0.717, 1.165) is 0 Å². The second-order valence-corrected chi connectivity index (χ2v) is 4.50. The predicted molar refractivity (Wildman–Crippen MR) is 72.1 cm³/mol. The number of rotatable bonds is 6. The van der Waals surface area contributed by atoms with Gasteiger partial charge in [-0.2, -0.15) is 0 Å². The van der Waals surface area contributed by atoms with Gasteiger partial charge in [0.25, 0.3) is 5.69 Å². The fourth-order valence-electron chi connectivity index (χ4n) is 1.65. The van der Waals surface area contributed by atoms with E-state index in [1.54, 1.807) is 12.1 Å². The average Bonchev–Trinajstić information content (AvgIpc) is 2.35. The van der Waals surface area contributed by atoms with Gasteiger partial charge in [-0.15, -0.1) is 0 Å². The summed E-state index contributed by atoms with van der Waals surface area (Å²) >= 11 is 0. The molecule has 6 nitrogen and oxygen atoms in total. The van der Waals surface area contributed by atoms with Crippen LogP contribution in [0.5, 0.6) is 0 Å². The van der Waals surface area contributed by atoms with E-state index in [1.165, 1.54) is 12.1 Å². The van der Waals surface area contributed by atoms with Crippen LogP contribution in [-0.4, -0.2) is 22.0 Å². The first kappa shape index (κ1) is 14.7. The molecule has 1 aromatic rings. The normalized spacial score (nSPS) is 11.9. The lowest BCUT2D eigenvalue weighted by molar-refractivity contribution is -0.384. The quantitative estimate of drug-likeness (QED) is 0.468. The summed E-state index contributed by atoms with van der Waals surface area (Å²) in [6.07, 6.45) is 0. The minimum Gasteiger partial charge on any atom is -0.478 e. The van der Waals surface area contributed by atoms with Crippen LogP contribution in [0.1, 0.15) is 13.8 Å². The topological polar surface area (TPSA) is 92.5 Å². The molecule has 2 N–H and O–H groups in total. The Hall–Kier alpha value is -2.37. The minimum absolute atomic E-state index is 0.0105. The maximum absolute atomic E-state index is 10.9. The maximum atomic E-state index is 10.9. The Morgan fingerprint density at radius 3 is 2.26 bits per heavy atom. The number of nitro groups is 1. The molecule has 0 unspecified atom stereocenters. The van der Waals surface area contributed by atoms with Crippen LogP contribution in [0.3, 0.4) is 0 Å². The maximum Gasteiger partial charge on any atom is 0.333 e. The molecule has 0 aliphatic carbocycles. The van der Waals surface area contributed by atoms with Crippen molar-refractivity contribution in [2.75, 3.05) is 5.32 Å². The van der Waals surface area contributed by atoms with E-state index in [4.69, 9.17) is 5.11 Å². The van der Waals surface area contributed by atoms with Gasteiger partial charge in [0.1, 0.15) is 0 Å². The second-order valence-electron chi connectivity index (χ2n) is 4.50. The predicted octanol–water partition coefficient (Wildman–Crippen LogP) is 2.67. The Labute approximate surface area is 110 Å². The zero-order valence-corrected chi connectivity index (χ0v) is 10.8. The number of hydrogen-bond acceptors (Lipinski definition) is 4. The number of nitrogens with one attached hydrogen (secondary N) is 1. The Kier molecular flexibility index (Phi) is 4.63. The third-order valence-electron chi connectivity index (χ3n) is 2.72. The van der Waals surface area contributed by atoms with Gasteiger partial charge in [0.15, 0.2) is 0 Å². The first-order valence-corrected chi connectivity index (χ1v) is 5.76. The van der Waals surface area contributed by atoms with Gasteiger partial charge in [-0.25, -0.2) is 4.79 Å². The van der Waals surface area contributed by atoms with Crippen molar-refractivity contribution in [3.05, 3.63) is 46.5 Å². The third kappa shape index (κ3) is 3.80. The zero-order chi connectivity index (χ0) is 14.6. The van der Waals surface area contributed by atoms with E-state index in [1.807, 2.05) is 13.8 Å². The highest BCUT2D eigenvalue weighted by Gasteiger charge is 2.21. The van der Waals surface area contributed by atoms with Gasteiger partial charge in [0.05, 0.1) is 16.5 Å². The van der Waals surface area contributed by atoms with Gasteiger partial charge in [-0.1, -0.05) is 20.4 Å². The zero-order valence-electron chi connectivity index (χ0n) is 10.8. The summed E-state index contributed by atoms with van der Waals surface area (Å²) in [6, 6.07) is 5.39. The molecule has 0 amide bonds. The highest BCUT2D eigenvalue weighted by atomic mass is 16.6. The van der Waals surface area contributed by atoms with Crippen molar-refractivity contribution in [3.63, 3.8) is 0 Å². The van der Waals surface area contributed by atoms with Crippen molar-refractivity contribution in [3.8, 4) is 0 Å². The lowest BCUT2D eigenvalue weighted by Gasteiger charge is -2.23. The number of carbonyl (C=O) groups is 1. The van der Waals surface area contributed by atoms with E-state index >= 15 is 0 Å². The molecular weight excluding hydrogens is 248 g/mol. The summed E-state index contributed by atoms with van der Waals surface area (Å²) in [4.78, 5) is 21.0. The first-order chi connectivity index (χ1) is 8.82. The Balaban J connectivity index is 2.88. The molecule has 0 saturated carbocycles. The van der Waals surface area contributed by atoms with Crippen molar-refractivity contribution in [2.45, 2.75) is 19.9 Å². The van der Waals surface area contributed by atoms with Gasteiger partial charge in [0, 0.05) is 17.8 Å².